The molecule has 2 atom stereocenters. The first kappa shape index (κ1) is 24.8. The summed E-state index contributed by atoms with van der Waals surface area (Å²) in [5.74, 6) is -0.229. The third-order valence-corrected chi connectivity index (χ3v) is 8.95. The molecule has 4 heterocycles. The van der Waals surface area contributed by atoms with Gasteiger partial charge in [-0.05, 0) is 94.9 Å². The summed E-state index contributed by atoms with van der Waals surface area (Å²) in [7, 11) is 2.18. The lowest BCUT2D eigenvalue weighted by molar-refractivity contribution is -0.146. The Morgan fingerprint density at radius 3 is 2.61 bits per heavy atom. The van der Waals surface area contributed by atoms with E-state index in [9.17, 15) is 9.59 Å². The van der Waals surface area contributed by atoms with Gasteiger partial charge in [0.15, 0.2) is 0 Å². The number of likely N-dealkylation sites (tertiary alicyclic amines) is 2. The molecule has 0 radical (unpaired) electrons. The Hall–Kier alpha value is -2.84. The van der Waals surface area contributed by atoms with Crippen molar-refractivity contribution < 1.29 is 9.59 Å². The van der Waals surface area contributed by atoms with Crippen molar-refractivity contribution in [3.63, 3.8) is 0 Å². The van der Waals surface area contributed by atoms with Gasteiger partial charge < -0.3 is 15.1 Å². The van der Waals surface area contributed by atoms with Gasteiger partial charge >= 0.3 is 11.8 Å². The molecule has 2 unspecified atom stereocenters. The molecule has 0 spiro atoms. The summed E-state index contributed by atoms with van der Waals surface area (Å²) in [6.07, 6.45) is 5.76. The van der Waals surface area contributed by atoms with Gasteiger partial charge in [-0.25, -0.2) is 4.98 Å². The van der Waals surface area contributed by atoms with Crippen LogP contribution in [0, 0.1) is 19.8 Å². The van der Waals surface area contributed by atoms with Gasteiger partial charge in [0.05, 0.1) is 33.2 Å². The predicted octanol–water partition coefficient (Wildman–Crippen LogP) is 5.06. The van der Waals surface area contributed by atoms with Crippen LogP contribution in [0.1, 0.15) is 66.4 Å². The summed E-state index contributed by atoms with van der Waals surface area (Å²) < 4.78 is 1.19. The zero-order valence-electron chi connectivity index (χ0n) is 21.6. The Morgan fingerprint density at radius 2 is 1.86 bits per heavy atom. The molecule has 2 fully saturated rings. The van der Waals surface area contributed by atoms with Crippen molar-refractivity contribution in [3.8, 4) is 0 Å². The van der Waals surface area contributed by atoms with Crippen LogP contribution in [0.15, 0.2) is 30.5 Å². The molecule has 36 heavy (non-hydrogen) atoms. The van der Waals surface area contributed by atoms with E-state index in [4.69, 9.17) is 4.98 Å². The monoisotopic (exact) mass is 505 g/mol. The number of hydrogen-bond donors (Lipinski definition) is 1. The average molecular weight is 506 g/mol. The maximum Gasteiger partial charge on any atom is 0.313 e. The van der Waals surface area contributed by atoms with E-state index in [0.717, 1.165) is 61.1 Å². The molecule has 190 valence electrons. The number of pyridine rings is 1. The average Bonchev–Trinajstić information content (AvgIpc) is 3.29. The summed E-state index contributed by atoms with van der Waals surface area (Å²) in [5, 5.41) is 3.98. The fraction of sp³-hybridized carbons (Fsp3) is 0.500. The first-order valence-electron chi connectivity index (χ1n) is 12.9. The van der Waals surface area contributed by atoms with E-state index < -0.39 is 11.8 Å². The van der Waals surface area contributed by atoms with Crippen LogP contribution in [-0.4, -0.2) is 58.3 Å². The van der Waals surface area contributed by atoms with Crippen molar-refractivity contribution in [3.05, 3.63) is 52.3 Å². The number of fused-ring (bicyclic) bond motifs is 1. The van der Waals surface area contributed by atoms with Crippen molar-refractivity contribution in [2.45, 2.75) is 58.4 Å². The molecule has 2 saturated heterocycles. The number of rotatable bonds is 3. The van der Waals surface area contributed by atoms with E-state index in [1.165, 1.54) is 9.71 Å². The van der Waals surface area contributed by atoms with Gasteiger partial charge in [-0.15, -0.1) is 11.3 Å². The highest BCUT2D eigenvalue weighted by molar-refractivity contribution is 7.18. The van der Waals surface area contributed by atoms with Crippen molar-refractivity contribution >= 4 is 39.1 Å². The highest BCUT2D eigenvalue weighted by Gasteiger charge is 2.34. The highest BCUT2D eigenvalue weighted by Crippen LogP contribution is 2.38. The van der Waals surface area contributed by atoms with Crippen molar-refractivity contribution in [1.82, 2.24) is 19.8 Å². The number of anilines is 1. The third kappa shape index (κ3) is 5.15. The highest BCUT2D eigenvalue weighted by atomic mass is 32.1. The second-order valence-electron chi connectivity index (χ2n) is 10.6. The van der Waals surface area contributed by atoms with E-state index in [2.05, 4.69) is 47.4 Å². The number of hydrogen-bond acceptors (Lipinski definition) is 6. The van der Waals surface area contributed by atoms with E-state index >= 15 is 0 Å². The zero-order valence-corrected chi connectivity index (χ0v) is 22.4. The molecule has 3 aromatic rings. The maximum atomic E-state index is 13.4. The number of benzene rings is 1. The molecule has 2 aliphatic rings. The molecule has 7 nitrogen and oxygen atoms in total. The summed E-state index contributed by atoms with van der Waals surface area (Å²) in [6.45, 7) is 8.79. The normalized spacial score (nSPS) is 21.6. The minimum Gasteiger partial charge on any atom is -0.327 e. The lowest BCUT2D eigenvalue weighted by Crippen LogP contribution is -2.46. The number of carbonyl (C=O) groups excluding carboxylic acids is 2. The minimum atomic E-state index is -0.613. The fourth-order valence-corrected chi connectivity index (χ4v) is 6.47. The van der Waals surface area contributed by atoms with Gasteiger partial charge in [-0.1, -0.05) is 13.0 Å². The first-order valence-corrected chi connectivity index (χ1v) is 13.7. The topological polar surface area (TPSA) is 78.4 Å². The van der Waals surface area contributed by atoms with Gasteiger partial charge in [0.1, 0.15) is 0 Å². The summed E-state index contributed by atoms with van der Waals surface area (Å²) in [4.78, 5) is 39.8. The second-order valence-corrected chi connectivity index (χ2v) is 11.7. The van der Waals surface area contributed by atoms with Crippen molar-refractivity contribution in [1.29, 1.82) is 0 Å². The van der Waals surface area contributed by atoms with Gasteiger partial charge in [-0.3, -0.25) is 14.6 Å². The number of thiazole rings is 1. The molecule has 5 rings (SSSR count). The third-order valence-electron chi connectivity index (χ3n) is 7.75. The Balaban J connectivity index is 1.36. The second kappa shape index (κ2) is 10.3. The SMILES string of the molecule is Cc1cc(NC(=O)C(=O)N2CC(C)CCC2c2ccc3sc(C4CCN(C)CC4)nc3c2)cnc1C. The zero-order chi connectivity index (χ0) is 25.4. The van der Waals surface area contributed by atoms with E-state index in [0.29, 0.717) is 24.1 Å². The molecule has 2 aliphatic heterocycles. The van der Waals surface area contributed by atoms with E-state index in [1.54, 1.807) is 22.4 Å². The molecule has 2 aromatic heterocycles. The number of aryl methyl sites for hydroxylation is 2. The predicted molar refractivity (Wildman–Crippen MR) is 144 cm³/mol. The van der Waals surface area contributed by atoms with Crippen LogP contribution < -0.4 is 5.32 Å². The molecular formula is C28H35N5O2S. The minimum absolute atomic E-state index is 0.129. The molecule has 0 saturated carbocycles. The van der Waals surface area contributed by atoms with Crippen LogP contribution >= 0.6 is 11.3 Å². The van der Waals surface area contributed by atoms with E-state index in [1.807, 2.05) is 19.9 Å². The van der Waals surface area contributed by atoms with Crippen LogP contribution in [0.4, 0.5) is 5.69 Å². The van der Waals surface area contributed by atoms with Crippen molar-refractivity contribution in [2.24, 2.45) is 5.92 Å². The van der Waals surface area contributed by atoms with Crippen LogP contribution in [-0.2, 0) is 9.59 Å². The van der Waals surface area contributed by atoms with Crippen LogP contribution in [0.3, 0.4) is 0 Å². The molecule has 1 aromatic carbocycles. The van der Waals surface area contributed by atoms with Crippen molar-refractivity contribution in [2.75, 3.05) is 32.0 Å². The van der Waals surface area contributed by atoms with Gasteiger partial charge in [-0.2, -0.15) is 0 Å². The van der Waals surface area contributed by atoms with Crippen LogP contribution in [0.2, 0.25) is 0 Å². The molecule has 2 amide bonds. The smallest absolute Gasteiger partial charge is 0.313 e. The van der Waals surface area contributed by atoms with E-state index in [-0.39, 0.29) is 6.04 Å². The Kier molecular flexibility index (Phi) is 7.08. The number of nitrogens with one attached hydrogen (secondary N) is 1. The number of piperidine rings is 2. The van der Waals surface area contributed by atoms with Gasteiger partial charge in [0.25, 0.3) is 0 Å². The standard InChI is InChI=1S/C28H35N5O2S/c1-17-5-7-24(33(16-17)28(35)26(34)30-22-13-18(2)19(3)29-15-22)21-6-8-25-23(14-21)31-27(36-25)20-9-11-32(4)12-10-20/h6,8,13-15,17,20,24H,5,7,9-12,16H2,1-4H3,(H,30,34). The quantitative estimate of drug-likeness (QED) is 0.504. The molecular weight excluding hydrogens is 470 g/mol. The van der Waals surface area contributed by atoms with Crippen LogP contribution in [0.25, 0.3) is 10.2 Å². The largest absolute Gasteiger partial charge is 0.327 e. The first-order chi connectivity index (χ1) is 17.3. The number of nitrogens with zero attached hydrogens (tertiary/aromatic N) is 4. The number of aromatic nitrogens is 2. The molecule has 0 bridgehead atoms. The van der Waals surface area contributed by atoms with Gasteiger partial charge in [0.2, 0.25) is 0 Å². The van der Waals surface area contributed by atoms with Crippen LogP contribution in [0.5, 0.6) is 0 Å². The lowest BCUT2D eigenvalue weighted by atomic mass is 9.89. The Morgan fingerprint density at radius 1 is 1.08 bits per heavy atom. The summed E-state index contributed by atoms with van der Waals surface area (Å²) in [5.41, 5.74) is 4.48. The maximum absolute atomic E-state index is 13.4. The fourth-order valence-electron chi connectivity index (χ4n) is 5.35. The lowest BCUT2D eigenvalue weighted by Gasteiger charge is -2.38. The number of carbonyl (C=O) groups is 2. The Bertz CT molecular complexity index is 1280. The molecule has 0 aliphatic carbocycles. The molecule has 1 N–H and O–H groups in total. The summed E-state index contributed by atoms with van der Waals surface area (Å²) in [6, 6.07) is 8.11. The molecule has 8 heteroatoms. The summed E-state index contributed by atoms with van der Waals surface area (Å²) >= 11 is 1.80. The Labute approximate surface area is 216 Å². The van der Waals surface area contributed by atoms with Gasteiger partial charge in [0, 0.05) is 18.2 Å². The number of amides is 2.